The zero-order chi connectivity index (χ0) is 19.9. The van der Waals surface area contributed by atoms with E-state index in [0.29, 0.717) is 5.92 Å². The first-order valence-corrected chi connectivity index (χ1v) is 11.0. The van der Waals surface area contributed by atoms with Crippen molar-refractivity contribution in [1.29, 1.82) is 0 Å². The molecule has 1 fully saturated rings. The normalized spacial score (nSPS) is 21.3. The molecule has 4 nitrogen and oxygen atoms in total. The Labute approximate surface area is 160 Å². The molecule has 1 aromatic carbocycles. The molecule has 0 bridgehead atoms. The number of nitrogens with one attached hydrogen (secondary N) is 2. The van der Waals surface area contributed by atoms with Crippen molar-refractivity contribution in [3.05, 3.63) is 29.8 Å². The zero-order valence-electron chi connectivity index (χ0n) is 15.7. The molecular formula is C19H29F3N2O2S. The molecule has 0 unspecified atom stereocenters. The molecule has 0 atom stereocenters. The van der Waals surface area contributed by atoms with Crippen molar-refractivity contribution in [1.82, 2.24) is 10.0 Å². The van der Waals surface area contributed by atoms with Gasteiger partial charge in [-0.15, -0.1) is 0 Å². The van der Waals surface area contributed by atoms with Crippen LogP contribution in [0.15, 0.2) is 29.2 Å². The van der Waals surface area contributed by atoms with E-state index in [1.807, 2.05) is 7.05 Å². The molecule has 154 valence electrons. The van der Waals surface area contributed by atoms with Gasteiger partial charge in [0.2, 0.25) is 10.0 Å². The van der Waals surface area contributed by atoms with E-state index in [1.165, 1.54) is 25.7 Å². The Hall–Kier alpha value is -1.12. The van der Waals surface area contributed by atoms with E-state index in [1.54, 1.807) is 0 Å². The molecule has 2 rings (SSSR count). The molecule has 8 heteroatoms. The number of alkyl halides is 3. The highest BCUT2D eigenvalue weighted by molar-refractivity contribution is 7.89. The maximum atomic E-state index is 12.6. The van der Waals surface area contributed by atoms with Crippen molar-refractivity contribution in [2.45, 2.75) is 68.5 Å². The van der Waals surface area contributed by atoms with Gasteiger partial charge in [-0.25, -0.2) is 13.1 Å². The van der Waals surface area contributed by atoms with Crippen LogP contribution < -0.4 is 10.0 Å². The molecule has 2 N–H and O–H groups in total. The first-order chi connectivity index (χ1) is 12.7. The summed E-state index contributed by atoms with van der Waals surface area (Å²) in [6.07, 6.45) is 3.85. The molecular weight excluding hydrogens is 377 g/mol. The fourth-order valence-corrected chi connectivity index (χ4v) is 4.90. The largest absolute Gasteiger partial charge is 0.416 e. The van der Waals surface area contributed by atoms with Gasteiger partial charge in [0.25, 0.3) is 0 Å². The highest BCUT2D eigenvalue weighted by atomic mass is 32.2. The third-order valence-corrected chi connectivity index (χ3v) is 6.74. The minimum Gasteiger partial charge on any atom is -0.320 e. The predicted octanol–water partition coefficient (Wildman–Crippen LogP) is 4.32. The summed E-state index contributed by atoms with van der Waals surface area (Å²) in [5.74, 6) is 0.645. The van der Waals surface area contributed by atoms with Crippen LogP contribution in [0.4, 0.5) is 13.2 Å². The summed E-state index contributed by atoms with van der Waals surface area (Å²) in [7, 11) is -1.84. The van der Waals surface area contributed by atoms with Crippen LogP contribution in [0.3, 0.4) is 0 Å². The minimum absolute atomic E-state index is 0.123. The Morgan fingerprint density at radius 2 is 1.63 bits per heavy atom. The van der Waals surface area contributed by atoms with Gasteiger partial charge in [0.15, 0.2) is 0 Å². The Balaban J connectivity index is 1.80. The Morgan fingerprint density at radius 1 is 1.00 bits per heavy atom. The third-order valence-electron chi connectivity index (χ3n) is 5.20. The lowest BCUT2D eigenvalue weighted by molar-refractivity contribution is -0.137. The monoisotopic (exact) mass is 406 g/mol. The van der Waals surface area contributed by atoms with Crippen molar-refractivity contribution in [2.24, 2.45) is 5.92 Å². The lowest BCUT2D eigenvalue weighted by Gasteiger charge is -2.29. The summed E-state index contributed by atoms with van der Waals surface area (Å²) in [6, 6.07) is 3.50. The fourth-order valence-electron chi connectivity index (χ4n) is 3.59. The minimum atomic E-state index is -4.47. The van der Waals surface area contributed by atoms with Gasteiger partial charge in [0, 0.05) is 6.04 Å². The van der Waals surface area contributed by atoms with Gasteiger partial charge in [0.05, 0.1) is 10.5 Å². The van der Waals surface area contributed by atoms with Gasteiger partial charge in [-0.3, -0.25) is 0 Å². The standard InChI is InChI=1S/C19H29F3N2O2S/c1-23-14-4-2-3-5-15-6-10-17(11-7-15)24-27(25,26)18-12-8-16(9-13-18)19(20,21)22/h8-9,12-13,15,17,23-24H,2-7,10-11,14H2,1H3. The number of unbranched alkanes of at least 4 members (excludes halogenated alkanes) is 2. The smallest absolute Gasteiger partial charge is 0.320 e. The van der Waals surface area contributed by atoms with Gasteiger partial charge in [-0.2, -0.15) is 13.2 Å². The fraction of sp³-hybridized carbons (Fsp3) is 0.684. The second-order valence-electron chi connectivity index (χ2n) is 7.31. The van der Waals surface area contributed by atoms with Crippen molar-refractivity contribution >= 4 is 10.0 Å². The molecule has 1 aromatic rings. The van der Waals surface area contributed by atoms with Crippen molar-refractivity contribution in [3.63, 3.8) is 0 Å². The van der Waals surface area contributed by atoms with E-state index >= 15 is 0 Å². The number of benzene rings is 1. The van der Waals surface area contributed by atoms with Crippen LogP contribution in [-0.2, 0) is 16.2 Å². The van der Waals surface area contributed by atoms with E-state index in [9.17, 15) is 21.6 Å². The Morgan fingerprint density at radius 3 is 2.19 bits per heavy atom. The van der Waals surface area contributed by atoms with Crippen molar-refractivity contribution in [3.8, 4) is 0 Å². The number of halogens is 3. The SMILES string of the molecule is CNCCCCCC1CCC(NS(=O)(=O)c2ccc(C(F)(F)F)cc2)CC1. The summed E-state index contributed by atoms with van der Waals surface area (Å²) in [5.41, 5.74) is -0.850. The van der Waals surface area contributed by atoms with E-state index in [-0.39, 0.29) is 10.9 Å². The number of rotatable bonds is 9. The third kappa shape index (κ3) is 7.08. The second kappa shape index (κ2) is 9.89. The van der Waals surface area contributed by atoms with Gasteiger partial charge in [-0.05, 0) is 75.9 Å². The van der Waals surface area contributed by atoms with Crippen LogP contribution >= 0.6 is 0 Å². The predicted molar refractivity (Wildman–Crippen MR) is 99.9 cm³/mol. The van der Waals surface area contributed by atoms with E-state index in [4.69, 9.17) is 0 Å². The van der Waals surface area contributed by atoms with E-state index in [0.717, 1.165) is 56.5 Å². The molecule has 0 aromatic heterocycles. The summed E-state index contributed by atoms with van der Waals surface area (Å²) >= 11 is 0. The van der Waals surface area contributed by atoms with E-state index < -0.39 is 21.8 Å². The van der Waals surface area contributed by atoms with Gasteiger partial charge in [-0.1, -0.05) is 19.3 Å². The summed E-state index contributed by atoms with van der Waals surface area (Å²) in [6.45, 7) is 1.04. The van der Waals surface area contributed by atoms with Crippen LogP contribution in [0.1, 0.15) is 56.9 Å². The molecule has 0 radical (unpaired) electrons. The van der Waals surface area contributed by atoms with Gasteiger partial charge < -0.3 is 5.32 Å². The average molecular weight is 407 g/mol. The molecule has 0 aliphatic heterocycles. The maximum Gasteiger partial charge on any atom is 0.416 e. The van der Waals surface area contributed by atoms with Crippen molar-refractivity contribution < 1.29 is 21.6 Å². The summed E-state index contributed by atoms with van der Waals surface area (Å²) in [4.78, 5) is -0.123. The number of hydrogen-bond acceptors (Lipinski definition) is 3. The van der Waals surface area contributed by atoms with Crippen LogP contribution in [-0.4, -0.2) is 28.1 Å². The molecule has 1 aliphatic carbocycles. The molecule has 0 amide bonds. The summed E-state index contributed by atoms with van der Waals surface area (Å²) in [5, 5.41) is 3.14. The van der Waals surface area contributed by atoms with Crippen LogP contribution in [0.2, 0.25) is 0 Å². The highest BCUT2D eigenvalue weighted by Gasteiger charge is 2.31. The Bertz CT molecular complexity index is 667. The maximum absolute atomic E-state index is 12.6. The summed E-state index contributed by atoms with van der Waals surface area (Å²) < 4.78 is 65.3. The highest BCUT2D eigenvalue weighted by Crippen LogP contribution is 2.31. The first kappa shape index (κ1) is 22.2. The molecule has 0 heterocycles. The quantitative estimate of drug-likeness (QED) is 0.601. The molecule has 0 saturated heterocycles. The number of hydrogen-bond donors (Lipinski definition) is 2. The first-order valence-electron chi connectivity index (χ1n) is 9.56. The van der Waals surface area contributed by atoms with Crippen LogP contribution in [0.5, 0.6) is 0 Å². The average Bonchev–Trinajstić information content (AvgIpc) is 2.62. The van der Waals surface area contributed by atoms with Crippen LogP contribution in [0.25, 0.3) is 0 Å². The van der Waals surface area contributed by atoms with Crippen molar-refractivity contribution in [2.75, 3.05) is 13.6 Å². The van der Waals surface area contributed by atoms with Gasteiger partial charge >= 0.3 is 6.18 Å². The van der Waals surface area contributed by atoms with Crippen LogP contribution in [0, 0.1) is 5.92 Å². The van der Waals surface area contributed by atoms with Gasteiger partial charge in [0.1, 0.15) is 0 Å². The molecule has 1 saturated carbocycles. The second-order valence-corrected chi connectivity index (χ2v) is 9.03. The molecule has 27 heavy (non-hydrogen) atoms. The Kier molecular flexibility index (Phi) is 8.12. The topological polar surface area (TPSA) is 58.2 Å². The lowest BCUT2D eigenvalue weighted by Crippen LogP contribution is -2.37. The van der Waals surface area contributed by atoms with E-state index in [2.05, 4.69) is 10.0 Å². The molecule has 1 aliphatic rings. The number of sulfonamides is 1. The molecule has 0 spiro atoms. The zero-order valence-corrected chi connectivity index (χ0v) is 16.5. The lowest BCUT2D eigenvalue weighted by atomic mass is 9.83.